The molecule has 0 radical (unpaired) electrons. The van der Waals surface area contributed by atoms with Crippen molar-refractivity contribution in [1.82, 2.24) is 9.97 Å². The summed E-state index contributed by atoms with van der Waals surface area (Å²) in [5.74, 6) is 0.00363. The van der Waals surface area contributed by atoms with Gasteiger partial charge in [0, 0.05) is 16.8 Å². The third kappa shape index (κ3) is 3.83. The summed E-state index contributed by atoms with van der Waals surface area (Å²) < 4.78 is 5.10. The molecule has 3 aromatic rings. The summed E-state index contributed by atoms with van der Waals surface area (Å²) in [7, 11) is 0. The zero-order chi connectivity index (χ0) is 17.8. The maximum Gasteiger partial charge on any atom is 0.338 e. The molecule has 5 nitrogen and oxygen atoms in total. The first-order chi connectivity index (χ1) is 12.0. The Morgan fingerprint density at radius 3 is 2.24 bits per heavy atom. The van der Waals surface area contributed by atoms with Crippen LogP contribution in [0.25, 0.3) is 11.4 Å². The lowest BCUT2D eigenvalue weighted by Gasteiger charge is -2.05. The largest absolute Gasteiger partial charge is 0.454 e. The van der Waals surface area contributed by atoms with Crippen LogP contribution in [0.4, 0.5) is 0 Å². The van der Waals surface area contributed by atoms with E-state index in [1.807, 2.05) is 19.9 Å². The molecule has 0 aliphatic heterocycles. The maximum atomic E-state index is 12.1. The van der Waals surface area contributed by atoms with Gasteiger partial charge in [-0.2, -0.15) is 0 Å². The number of carbonyl (C=O) groups excluding carboxylic acids is 2. The van der Waals surface area contributed by atoms with Crippen molar-refractivity contribution in [3.8, 4) is 11.4 Å². The number of ether oxygens (including phenoxy) is 1. The number of hydrogen-bond acceptors (Lipinski definition) is 4. The molecule has 0 saturated heterocycles. The van der Waals surface area contributed by atoms with Crippen LogP contribution in [0.5, 0.6) is 0 Å². The van der Waals surface area contributed by atoms with Crippen molar-refractivity contribution in [3.05, 3.63) is 77.1 Å². The Labute approximate surface area is 145 Å². The second-order valence-corrected chi connectivity index (χ2v) is 5.74. The Kier molecular flexibility index (Phi) is 4.75. The molecule has 0 aliphatic carbocycles. The zero-order valence-corrected chi connectivity index (χ0v) is 14.1. The van der Waals surface area contributed by atoms with E-state index in [2.05, 4.69) is 9.97 Å². The Bertz CT molecular complexity index is 877. The summed E-state index contributed by atoms with van der Waals surface area (Å²) in [5.41, 5.74) is 3.75. The van der Waals surface area contributed by atoms with E-state index in [-0.39, 0.29) is 12.4 Å². The van der Waals surface area contributed by atoms with Crippen molar-refractivity contribution in [2.45, 2.75) is 13.8 Å². The van der Waals surface area contributed by atoms with Crippen LogP contribution in [0, 0.1) is 13.8 Å². The van der Waals surface area contributed by atoms with Crippen molar-refractivity contribution >= 4 is 11.8 Å². The van der Waals surface area contributed by atoms with Gasteiger partial charge in [-0.25, -0.2) is 9.78 Å². The molecule has 5 heteroatoms. The van der Waals surface area contributed by atoms with E-state index in [9.17, 15) is 9.59 Å². The number of aromatic nitrogens is 2. The molecule has 0 spiro atoms. The lowest BCUT2D eigenvalue weighted by Crippen LogP contribution is -2.14. The predicted molar refractivity (Wildman–Crippen MR) is 94.6 cm³/mol. The first-order valence-electron chi connectivity index (χ1n) is 7.93. The molecule has 0 fully saturated rings. The van der Waals surface area contributed by atoms with E-state index in [0.717, 1.165) is 22.8 Å². The normalized spacial score (nSPS) is 10.5. The predicted octanol–water partition coefficient (Wildman–Crippen LogP) is 3.73. The molecule has 126 valence electrons. The van der Waals surface area contributed by atoms with E-state index >= 15 is 0 Å². The highest BCUT2D eigenvalue weighted by Gasteiger charge is 2.12. The second kappa shape index (κ2) is 7.13. The maximum absolute atomic E-state index is 12.1. The Hall–Kier alpha value is -3.21. The van der Waals surface area contributed by atoms with E-state index in [0.29, 0.717) is 11.1 Å². The third-order valence-corrected chi connectivity index (χ3v) is 3.95. The molecule has 0 aliphatic rings. The number of nitrogens with zero attached hydrogens (tertiary/aromatic N) is 1. The SMILES string of the molecule is Cc1nc(-c2ccc(C(=O)OCC(=O)c3ccccc3)cc2)[nH]c1C. The number of rotatable bonds is 5. The standard InChI is InChI=1S/C20H18N2O3/c1-13-14(2)22-19(21-13)16-8-10-17(11-9-16)20(24)25-12-18(23)15-6-4-3-5-7-15/h3-11H,12H2,1-2H3,(H,21,22). The first-order valence-corrected chi connectivity index (χ1v) is 7.93. The minimum Gasteiger partial charge on any atom is -0.454 e. The number of aromatic amines is 1. The topological polar surface area (TPSA) is 72.0 Å². The van der Waals surface area contributed by atoms with Crippen molar-refractivity contribution in [1.29, 1.82) is 0 Å². The highest BCUT2D eigenvalue weighted by atomic mass is 16.5. The molecule has 1 aromatic heterocycles. The van der Waals surface area contributed by atoms with Gasteiger partial charge in [0.25, 0.3) is 0 Å². The highest BCUT2D eigenvalue weighted by molar-refractivity contribution is 5.99. The number of imidazole rings is 1. The molecule has 3 rings (SSSR count). The molecule has 2 aromatic carbocycles. The molecule has 0 amide bonds. The van der Waals surface area contributed by atoms with Crippen LogP contribution < -0.4 is 0 Å². The number of aryl methyl sites for hydroxylation is 2. The van der Waals surface area contributed by atoms with Gasteiger partial charge in [-0.05, 0) is 26.0 Å². The first kappa shape index (κ1) is 16.6. The second-order valence-electron chi connectivity index (χ2n) is 5.74. The quantitative estimate of drug-likeness (QED) is 0.570. The van der Waals surface area contributed by atoms with Crippen LogP contribution in [0.2, 0.25) is 0 Å². The molecule has 0 unspecified atom stereocenters. The summed E-state index contributed by atoms with van der Waals surface area (Å²) in [5, 5.41) is 0. The number of nitrogens with one attached hydrogen (secondary N) is 1. The van der Waals surface area contributed by atoms with Crippen molar-refractivity contribution < 1.29 is 14.3 Å². The molecular weight excluding hydrogens is 316 g/mol. The number of carbonyl (C=O) groups is 2. The van der Waals surface area contributed by atoms with Gasteiger partial charge in [0.05, 0.1) is 11.3 Å². The Morgan fingerprint density at radius 2 is 1.64 bits per heavy atom. The van der Waals surface area contributed by atoms with Gasteiger partial charge in [-0.1, -0.05) is 42.5 Å². The average Bonchev–Trinajstić information content (AvgIpc) is 2.99. The number of esters is 1. The van der Waals surface area contributed by atoms with Gasteiger partial charge in [0.2, 0.25) is 0 Å². The number of hydrogen-bond donors (Lipinski definition) is 1. The number of Topliss-reactive ketones (excluding diaryl/α,β-unsaturated/α-hetero) is 1. The Morgan fingerprint density at radius 1 is 0.960 bits per heavy atom. The third-order valence-electron chi connectivity index (χ3n) is 3.95. The van der Waals surface area contributed by atoms with Crippen LogP contribution in [0.15, 0.2) is 54.6 Å². The van der Waals surface area contributed by atoms with Crippen molar-refractivity contribution in [3.63, 3.8) is 0 Å². The van der Waals surface area contributed by atoms with E-state index in [1.54, 1.807) is 48.5 Å². The van der Waals surface area contributed by atoms with Gasteiger partial charge < -0.3 is 9.72 Å². The fourth-order valence-corrected chi connectivity index (χ4v) is 2.37. The molecule has 0 atom stereocenters. The van der Waals surface area contributed by atoms with Gasteiger partial charge in [-0.3, -0.25) is 4.79 Å². The average molecular weight is 334 g/mol. The van der Waals surface area contributed by atoms with Crippen LogP contribution in [-0.4, -0.2) is 28.3 Å². The summed E-state index contributed by atoms with van der Waals surface area (Å²) in [6.45, 7) is 3.62. The molecular formula is C20H18N2O3. The van der Waals surface area contributed by atoms with E-state index in [1.165, 1.54) is 0 Å². The molecule has 0 bridgehead atoms. The van der Waals surface area contributed by atoms with Crippen LogP contribution in [0.1, 0.15) is 32.1 Å². The lowest BCUT2D eigenvalue weighted by atomic mass is 10.1. The Balaban J connectivity index is 1.64. The van der Waals surface area contributed by atoms with Crippen LogP contribution >= 0.6 is 0 Å². The van der Waals surface area contributed by atoms with Gasteiger partial charge in [0.1, 0.15) is 5.82 Å². The van der Waals surface area contributed by atoms with Crippen molar-refractivity contribution in [2.75, 3.05) is 6.61 Å². The lowest BCUT2D eigenvalue weighted by molar-refractivity contribution is 0.0475. The van der Waals surface area contributed by atoms with E-state index in [4.69, 9.17) is 4.74 Å². The fraction of sp³-hybridized carbons (Fsp3) is 0.150. The van der Waals surface area contributed by atoms with Gasteiger partial charge in [0.15, 0.2) is 12.4 Å². The number of benzene rings is 2. The minimum atomic E-state index is -0.525. The fourth-order valence-electron chi connectivity index (χ4n) is 2.37. The number of H-pyrrole nitrogens is 1. The number of ketones is 1. The summed E-state index contributed by atoms with van der Waals surface area (Å²) >= 11 is 0. The monoisotopic (exact) mass is 334 g/mol. The van der Waals surface area contributed by atoms with E-state index < -0.39 is 5.97 Å². The molecule has 25 heavy (non-hydrogen) atoms. The zero-order valence-electron chi connectivity index (χ0n) is 14.1. The van der Waals surface area contributed by atoms with Gasteiger partial charge >= 0.3 is 5.97 Å². The van der Waals surface area contributed by atoms with Crippen LogP contribution in [-0.2, 0) is 4.74 Å². The van der Waals surface area contributed by atoms with Crippen LogP contribution in [0.3, 0.4) is 0 Å². The summed E-state index contributed by atoms with van der Waals surface area (Å²) in [6.07, 6.45) is 0. The minimum absolute atomic E-state index is 0.230. The molecule has 1 heterocycles. The molecule has 1 N–H and O–H groups in total. The highest BCUT2D eigenvalue weighted by Crippen LogP contribution is 2.18. The summed E-state index contributed by atoms with van der Waals surface area (Å²) in [6, 6.07) is 15.7. The van der Waals surface area contributed by atoms with Gasteiger partial charge in [-0.15, -0.1) is 0 Å². The smallest absolute Gasteiger partial charge is 0.338 e. The summed E-state index contributed by atoms with van der Waals surface area (Å²) in [4.78, 5) is 31.7. The van der Waals surface area contributed by atoms with Crippen molar-refractivity contribution in [2.24, 2.45) is 0 Å². The molecule has 0 saturated carbocycles.